The number of aliphatic hydroxyl groups is 1. The highest BCUT2D eigenvalue weighted by Gasteiger charge is 2.35. The fourth-order valence-corrected chi connectivity index (χ4v) is 4.36. The molecule has 0 heterocycles. The Kier molecular flexibility index (Phi) is 4.78. The van der Waals surface area contributed by atoms with Gasteiger partial charge in [0, 0.05) is 19.2 Å². The lowest BCUT2D eigenvalue weighted by atomic mass is 9.93. The minimum atomic E-state index is -3.63. The maximum Gasteiger partial charge on any atom is 0.243 e. The summed E-state index contributed by atoms with van der Waals surface area (Å²) in [7, 11) is -3.63. The van der Waals surface area contributed by atoms with E-state index in [-0.39, 0.29) is 17.5 Å². The third-order valence-electron chi connectivity index (χ3n) is 3.74. The van der Waals surface area contributed by atoms with Crippen LogP contribution in [0, 0.1) is 12.7 Å². The summed E-state index contributed by atoms with van der Waals surface area (Å²) in [5, 5.41) is 8.94. The van der Waals surface area contributed by atoms with E-state index in [1.165, 1.54) is 22.5 Å². The third-order valence-corrected chi connectivity index (χ3v) is 5.85. The first-order chi connectivity index (χ1) is 9.46. The van der Waals surface area contributed by atoms with E-state index < -0.39 is 15.8 Å². The summed E-state index contributed by atoms with van der Waals surface area (Å²) in [4.78, 5) is 0.156. The molecule has 1 aliphatic rings. The highest BCUT2D eigenvalue weighted by atomic mass is 32.2. The number of rotatable bonds is 6. The van der Waals surface area contributed by atoms with Crippen LogP contribution in [0.5, 0.6) is 0 Å². The van der Waals surface area contributed by atoms with Crippen molar-refractivity contribution < 1.29 is 17.9 Å². The van der Waals surface area contributed by atoms with Gasteiger partial charge < -0.3 is 5.11 Å². The van der Waals surface area contributed by atoms with Crippen molar-refractivity contribution in [3.63, 3.8) is 0 Å². The van der Waals surface area contributed by atoms with E-state index in [0.29, 0.717) is 18.5 Å². The molecule has 0 aliphatic heterocycles. The number of aryl methyl sites for hydroxylation is 1. The van der Waals surface area contributed by atoms with Gasteiger partial charge in [0.25, 0.3) is 0 Å². The Morgan fingerprint density at radius 1 is 1.40 bits per heavy atom. The second kappa shape index (κ2) is 6.20. The van der Waals surface area contributed by atoms with Crippen LogP contribution in [-0.4, -0.2) is 37.0 Å². The van der Waals surface area contributed by atoms with Gasteiger partial charge in [-0.15, -0.1) is 0 Å². The van der Waals surface area contributed by atoms with Crippen molar-refractivity contribution in [1.82, 2.24) is 4.31 Å². The van der Waals surface area contributed by atoms with Crippen LogP contribution in [-0.2, 0) is 10.0 Å². The molecule has 0 atom stereocenters. The van der Waals surface area contributed by atoms with Crippen molar-refractivity contribution in [3.05, 3.63) is 29.6 Å². The average molecular weight is 301 g/mol. The minimum absolute atomic E-state index is 0.0102. The van der Waals surface area contributed by atoms with Gasteiger partial charge in [0.1, 0.15) is 5.82 Å². The lowest BCUT2D eigenvalue weighted by Crippen LogP contribution is -2.45. The second-order valence-corrected chi connectivity index (χ2v) is 7.05. The number of hydrogen-bond donors (Lipinski definition) is 1. The number of sulfonamides is 1. The molecular weight excluding hydrogens is 281 g/mol. The molecule has 20 heavy (non-hydrogen) atoms. The van der Waals surface area contributed by atoms with Gasteiger partial charge in [-0.1, -0.05) is 6.42 Å². The zero-order valence-corrected chi connectivity index (χ0v) is 12.4. The highest BCUT2D eigenvalue weighted by Crippen LogP contribution is 2.31. The van der Waals surface area contributed by atoms with Crippen molar-refractivity contribution in [1.29, 1.82) is 0 Å². The smallest absolute Gasteiger partial charge is 0.243 e. The summed E-state index contributed by atoms with van der Waals surface area (Å²) in [6.07, 6.45) is 3.14. The van der Waals surface area contributed by atoms with Crippen LogP contribution in [0.25, 0.3) is 0 Å². The third kappa shape index (κ3) is 3.02. The number of halogens is 1. The van der Waals surface area contributed by atoms with Crippen molar-refractivity contribution in [2.45, 2.75) is 43.5 Å². The molecule has 4 nitrogen and oxygen atoms in total. The maximum absolute atomic E-state index is 13.1. The van der Waals surface area contributed by atoms with Gasteiger partial charge in [-0.2, -0.15) is 4.31 Å². The molecule has 1 fully saturated rings. The first-order valence-corrected chi connectivity index (χ1v) is 8.29. The molecule has 1 saturated carbocycles. The first-order valence-electron chi connectivity index (χ1n) is 6.85. The van der Waals surface area contributed by atoms with Gasteiger partial charge in [0.15, 0.2) is 0 Å². The fourth-order valence-electron chi connectivity index (χ4n) is 2.43. The van der Waals surface area contributed by atoms with E-state index in [1.54, 1.807) is 6.92 Å². The van der Waals surface area contributed by atoms with Crippen LogP contribution < -0.4 is 0 Å². The molecule has 2 rings (SSSR count). The molecule has 112 valence electrons. The SMILES string of the molecule is Cc1cc(F)ccc1S(=O)(=O)N(CCCO)C1CCC1. The van der Waals surface area contributed by atoms with Gasteiger partial charge in [-0.3, -0.25) is 0 Å². The van der Waals surface area contributed by atoms with Crippen LogP contribution in [0.1, 0.15) is 31.2 Å². The van der Waals surface area contributed by atoms with Crippen LogP contribution in [0.2, 0.25) is 0 Å². The Bertz CT molecular complexity index is 570. The van der Waals surface area contributed by atoms with Crippen LogP contribution >= 0.6 is 0 Å². The van der Waals surface area contributed by atoms with Gasteiger partial charge in [0.2, 0.25) is 10.0 Å². The summed E-state index contributed by atoms with van der Waals surface area (Å²) in [6, 6.07) is 3.74. The monoisotopic (exact) mass is 301 g/mol. The lowest BCUT2D eigenvalue weighted by Gasteiger charge is -2.36. The molecule has 0 saturated heterocycles. The van der Waals surface area contributed by atoms with Crippen LogP contribution in [0.15, 0.2) is 23.1 Å². The van der Waals surface area contributed by atoms with Gasteiger partial charge in [-0.25, -0.2) is 12.8 Å². The van der Waals surface area contributed by atoms with Crippen molar-refractivity contribution in [2.75, 3.05) is 13.2 Å². The number of aliphatic hydroxyl groups excluding tert-OH is 1. The molecule has 1 aromatic carbocycles. The highest BCUT2D eigenvalue weighted by molar-refractivity contribution is 7.89. The van der Waals surface area contributed by atoms with E-state index in [1.807, 2.05) is 0 Å². The Labute approximate surface area is 119 Å². The molecule has 0 unspecified atom stereocenters. The Morgan fingerprint density at radius 2 is 2.10 bits per heavy atom. The second-order valence-electron chi connectivity index (χ2n) is 5.19. The molecule has 0 aromatic heterocycles. The zero-order chi connectivity index (χ0) is 14.8. The molecule has 0 bridgehead atoms. The molecule has 0 spiro atoms. The van der Waals surface area contributed by atoms with Gasteiger partial charge in [0.05, 0.1) is 4.90 Å². The standard InChI is InChI=1S/C14H20FNO3S/c1-11-10-12(15)6-7-14(11)20(18,19)16(8-3-9-17)13-4-2-5-13/h6-7,10,13,17H,2-5,8-9H2,1H3. The molecule has 1 N–H and O–H groups in total. The molecule has 1 aromatic rings. The quantitative estimate of drug-likeness (QED) is 0.875. The number of benzene rings is 1. The van der Waals surface area contributed by atoms with E-state index in [9.17, 15) is 12.8 Å². The number of nitrogens with zero attached hydrogens (tertiary/aromatic N) is 1. The Hall–Kier alpha value is -0.980. The zero-order valence-electron chi connectivity index (χ0n) is 11.5. The van der Waals surface area contributed by atoms with Crippen molar-refractivity contribution in [3.8, 4) is 0 Å². The van der Waals surface area contributed by atoms with Gasteiger partial charge >= 0.3 is 0 Å². The van der Waals surface area contributed by atoms with E-state index >= 15 is 0 Å². The van der Waals surface area contributed by atoms with E-state index in [2.05, 4.69) is 0 Å². The lowest BCUT2D eigenvalue weighted by molar-refractivity contribution is 0.198. The molecular formula is C14H20FNO3S. The predicted octanol–water partition coefficient (Wildman–Crippen LogP) is 2.06. The number of hydrogen-bond acceptors (Lipinski definition) is 3. The summed E-state index contributed by atoms with van der Waals surface area (Å²) in [5.74, 6) is -0.438. The van der Waals surface area contributed by atoms with E-state index in [4.69, 9.17) is 5.11 Å². The van der Waals surface area contributed by atoms with Crippen LogP contribution in [0.4, 0.5) is 4.39 Å². The maximum atomic E-state index is 13.1. The van der Waals surface area contributed by atoms with Crippen molar-refractivity contribution in [2.24, 2.45) is 0 Å². The van der Waals surface area contributed by atoms with E-state index in [0.717, 1.165) is 19.3 Å². The Morgan fingerprint density at radius 3 is 2.60 bits per heavy atom. The van der Waals surface area contributed by atoms with Gasteiger partial charge in [-0.05, 0) is 49.9 Å². The molecule has 6 heteroatoms. The minimum Gasteiger partial charge on any atom is -0.396 e. The largest absolute Gasteiger partial charge is 0.396 e. The summed E-state index contributed by atoms with van der Waals surface area (Å²) >= 11 is 0. The summed E-state index contributed by atoms with van der Waals surface area (Å²) in [6.45, 7) is 1.86. The molecule has 0 radical (unpaired) electrons. The topological polar surface area (TPSA) is 57.6 Å². The Balaban J connectivity index is 2.33. The van der Waals surface area contributed by atoms with Crippen molar-refractivity contribution >= 4 is 10.0 Å². The summed E-state index contributed by atoms with van der Waals surface area (Å²) in [5.41, 5.74) is 0.415. The first kappa shape index (κ1) is 15.4. The average Bonchev–Trinajstić information content (AvgIpc) is 2.31. The predicted molar refractivity (Wildman–Crippen MR) is 74.4 cm³/mol. The molecule has 1 aliphatic carbocycles. The normalized spacial score (nSPS) is 16.4. The van der Waals surface area contributed by atoms with Crippen LogP contribution in [0.3, 0.4) is 0 Å². The fraction of sp³-hybridized carbons (Fsp3) is 0.571. The molecule has 0 amide bonds. The summed E-state index contributed by atoms with van der Waals surface area (Å²) < 4.78 is 40.1.